The van der Waals surface area contributed by atoms with Gasteiger partial charge in [0.05, 0.1) is 7.11 Å². The zero-order valence-electron chi connectivity index (χ0n) is 12.2. The van der Waals surface area contributed by atoms with Gasteiger partial charge < -0.3 is 10.1 Å². The second-order valence-electron chi connectivity index (χ2n) is 5.57. The maximum atomic E-state index is 11.3. The predicted molar refractivity (Wildman–Crippen MR) is 73.7 cm³/mol. The van der Waals surface area contributed by atoms with E-state index in [0.29, 0.717) is 6.54 Å². The molecule has 0 atom stereocenters. The smallest absolute Gasteiger partial charge is 0.396 e. The monoisotopic (exact) mass is 263 g/mol. The largest absolute Gasteiger partial charge is 0.462 e. The van der Waals surface area contributed by atoms with Gasteiger partial charge in [-0.05, 0) is 29.0 Å². The van der Waals surface area contributed by atoms with Gasteiger partial charge in [-0.25, -0.2) is 4.79 Å². The van der Waals surface area contributed by atoms with E-state index >= 15 is 0 Å². The molecule has 1 N–H and O–H groups in total. The van der Waals surface area contributed by atoms with E-state index in [2.05, 4.69) is 36.9 Å². The summed E-state index contributed by atoms with van der Waals surface area (Å²) in [6, 6.07) is 6.14. The lowest BCUT2D eigenvalue weighted by Crippen LogP contribution is -2.31. The number of carbonyl (C=O) groups is 2. The number of methoxy groups -OCH3 is 1. The second kappa shape index (κ2) is 5.87. The molecule has 1 aromatic carbocycles. The molecule has 19 heavy (non-hydrogen) atoms. The molecule has 0 fully saturated rings. The van der Waals surface area contributed by atoms with Crippen molar-refractivity contribution >= 4 is 11.9 Å². The van der Waals surface area contributed by atoms with Gasteiger partial charge >= 0.3 is 11.9 Å². The Morgan fingerprint density at radius 1 is 1.26 bits per heavy atom. The van der Waals surface area contributed by atoms with Crippen molar-refractivity contribution in [1.29, 1.82) is 0 Å². The average Bonchev–Trinajstić information content (AvgIpc) is 2.34. The molecule has 0 spiro atoms. The summed E-state index contributed by atoms with van der Waals surface area (Å²) in [4.78, 5) is 22.3. The van der Waals surface area contributed by atoms with E-state index in [1.54, 1.807) is 0 Å². The molecule has 0 aliphatic rings. The van der Waals surface area contributed by atoms with Gasteiger partial charge in [0.25, 0.3) is 0 Å². The molecule has 104 valence electrons. The number of hydrogen-bond donors (Lipinski definition) is 1. The zero-order valence-corrected chi connectivity index (χ0v) is 12.2. The number of rotatable bonds is 2. The first-order valence-electron chi connectivity index (χ1n) is 6.22. The molecular weight excluding hydrogens is 242 g/mol. The van der Waals surface area contributed by atoms with E-state index in [1.165, 1.54) is 12.7 Å². The van der Waals surface area contributed by atoms with Crippen LogP contribution in [0.15, 0.2) is 18.2 Å². The second-order valence-corrected chi connectivity index (χ2v) is 5.57. The third kappa shape index (κ3) is 4.09. The number of hydrogen-bond acceptors (Lipinski definition) is 3. The highest BCUT2D eigenvalue weighted by atomic mass is 16.5. The lowest BCUT2D eigenvalue weighted by molar-refractivity contribution is -0.152. The van der Waals surface area contributed by atoms with E-state index in [-0.39, 0.29) is 5.41 Å². The molecule has 0 unspecified atom stereocenters. The van der Waals surface area contributed by atoms with Gasteiger partial charge in [0, 0.05) is 6.54 Å². The molecule has 1 rings (SSSR count). The van der Waals surface area contributed by atoms with Crippen LogP contribution in [0.4, 0.5) is 0 Å². The first kappa shape index (κ1) is 15.2. The van der Waals surface area contributed by atoms with Crippen LogP contribution in [0.25, 0.3) is 0 Å². The highest BCUT2D eigenvalue weighted by Gasteiger charge is 2.16. The summed E-state index contributed by atoms with van der Waals surface area (Å²) in [6.07, 6.45) is 0. The minimum absolute atomic E-state index is 0.0958. The molecule has 0 aliphatic carbocycles. The maximum Gasteiger partial charge on any atom is 0.396 e. The molecule has 0 radical (unpaired) electrons. The van der Waals surface area contributed by atoms with Gasteiger partial charge in [0.2, 0.25) is 0 Å². The van der Waals surface area contributed by atoms with E-state index in [9.17, 15) is 9.59 Å². The summed E-state index contributed by atoms with van der Waals surface area (Å²) in [6.45, 7) is 8.78. The normalized spacial score (nSPS) is 11.0. The Bertz CT molecular complexity index is 487. The molecule has 0 saturated carbocycles. The van der Waals surface area contributed by atoms with Gasteiger partial charge in [-0.15, -0.1) is 0 Å². The highest BCUT2D eigenvalue weighted by molar-refractivity contribution is 6.32. The summed E-state index contributed by atoms with van der Waals surface area (Å²) in [7, 11) is 1.19. The van der Waals surface area contributed by atoms with Gasteiger partial charge in [-0.3, -0.25) is 4.79 Å². The molecule has 0 aliphatic heterocycles. The Labute approximate surface area is 114 Å². The van der Waals surface area contributed by atoms with Crippen LogP contribution in [-0.2, 0) is 26.3 Å². The molecule has 0 heterocycles. The number of carbonyl (C=O) groups excluding carboxylic acids is 2. The third-order valence-electron chi connectivity index (χ3n) is 3.02. The van der Waals surface area contributed by atoms with Crippen molar-refractivity contribution < 1.29 is 14.3 Å². The minimum atomic E-state index is -0.871. The zero-order chi connectivity index (χ0) is 14.6. The standard InChI is InChI=1S/C15H21NO3/c1-10-8-12(15(2,3)4)7-6-11(10)9-16-13(17)14(18)19-5/h6-8H,9H2,1-5H3,(H,16,17). The van der Waals surface area contributed by atoms with Crippen molar-refractivity contribution in [3.8, 4) is 0 Å². The quantitative estimate of drug-likeness (QED) is 0.656. The summed E-state index contributed by atoms with van der Waals surface area (Å²) < 4.78 is 4.34. The van der Waals surface area contributed by atoms with Crippen LogP contribution in [-0.4, -0.2) is 19.0 Å². The molecule has 1 aromatic rings. The average molecular weight is 263 g/mol. The number of ether oxygens (including phenoxy) is 1. The van der Waals surface area contributed by atoms with Crippen molar-refractivity contribution in [3.63, 3.8) is 0 Å². The molecule has 0 saturated heterocycles. The lowest BCUT2D eigenvalue weighted by Gasteiger charge is -2.20. The predicted octanol–water partition coefficient (Wildman–Crippen LogP) is 2.08. The number of nitrogens with one attached hydrogen (secondary N) is 1. The fraction of sp³-hybridized carbons (Fsp3) is 0.467. The van der Waals surface area contributed by atoms with Crippen molar-refractivity contribution in [2.75, 3.05) is 7.11 Å². The van der Waals surface area contributed by atoms with Gasteiger partial charge in [0.1, 0.15) is 0 Å². The summed E-state index contributed by atoms with van der Waals surface area (Å²) >= 11 is 0. The summed E-state index contributed by atoms with van der Waals surface area (Å²) in [5, 5.41) is 2.54. The number of esters is 1. The van der Waals surface area contributed by atoms with Crippen LogP contribution in [0.3, 0.4) is 0 Å². The van der Waals surface area contributed by atoms with Crippen LogP contribution in [0, 0.1) is 6.92 Å². The third-order valence-corrected chi connectivity index (χ3v) is 3.02. The molecule has 0 bridgehead atoms. The molecule has 0 aromatic heterocycles. The van der Waals surface area contributed by atoms with E-state index in [4.69, 9.17) is 0 Å². The Balaban J connectivity index is 2.76. The topological polar surface area (TPSA) is 55.4 Å². The van der Waals surface area contributed by atoms with Gasteiger partial charge in [-0.1, -0.05) is 39.0 Å². The fourth-order valence-corrected chi connectivity index (χ4v) is 1.70. The van der Waals surface area contributed by atoms with Crippen molar-refractivity contribution in [1.82, 2.24) is 5.32 Å². The Morgan fingerprint density at radius 3 is 2.37 bits per heavy atom. The van der Waals surface area contributed by atoms with Gasteiger partial charge in [0.15, 0.2) is 0 Å². The van der Waals surface area contributed by atoms with Crippen LogP contribution < -0.4 is 5.32 Å². The Kier molecular flexibility index (Phi) is 4.70. The van der Waals surface area contributed by atoms with Crippen molar-refractivity contribution in [3.05, 3.63) is 34.9 Å². The maximum absolute atomic E-state index is 11.3. The first-order chi connectivity index (χ1) is 8.75. The van der Waals surface area contributed by atoms with Crippen LogP contribution in [0.5, 0.6) is 0 Å². The fourth-order valence-electron chi connectivity index (χ4n) is 1.70. The molecule has 4 nitrogen and oxygen atoms in total. The number of benzene rings is 1. The Hall–Kier alpha value is -1.84. The van der Waals surface area contributed by atoms with E-state index in [1.807, 2.05) is 19.1 Å². The van der Waals surface area contributed by atoms with Gasteiger partial charge in [-0.2, -0.15) is 0 Å². The van der Waals surface area contributed by atoms with E-state index in [0.717, 1.165) is 11.1 Å². The summed E-state index contributed by atoms with van der Waals surface area (Å²) in [5.74, 6) is -1.59. The number of amides is 1. The van der Waals surface area contributed by atoms with Crippen LogP contribution in [0.2, 0.25) is 0 Å². The first-order valence-corrected chi connectivity index (χ1v) is 6.22. The highest BCUT2D eigenvalue weighted by Crippen LogP contribution is 2.24. The molecule has 1 amide bonds. The molecule has 4 heteroatoms. The lowest BCUT2D eigenvalue weighted by atomic mass is 9.85. The summed E-state index contributed by atoms with van der Waals surface area (Å²) in [5.41, 5.74) is 3.43. The Morgan fingerprint density at radius 2 is 1.89 bits per heavy atom. The SMILES string of the molecule is COC(=O)C(=O)NCc1ccc(C(C)(C)C)cc1C. The van der Waals surface area contributed by atoms with Crippen molar-refractivity contribution in [2.45, 2.75) is 39.7 Å². The van der Waals surface area contributed by atoms with E-state index < -0.39 is 11.9 Å². The van der Waals surface area contributed by atoms with Crippen molar-refractivity contribution in [2.24, 2.45) is 0 Å². The van der Waals surface area contributed by atoms with Crippen LogP contribution in [0.1, 0.15) is 37.5 Å². The molecular formula is C15H21NO3. The van der Waals surface area contributed by atoms with Crippen LogP contribution >= 0.6 is 0 Å². The number of aryl methyl sites for hydroxylation is 1. The minimum Gasteiger partial charge on any atom is -0.462 e.